The summed E-state index contributed by atoms with van der Waals surface area (Å²) < 4.78 is 6.84. The van der Waals surface area contributed by atoms with E-state index in [1.54, 1.807) is 12.4 Å². The van der Waals surface area contributed by atoms with Gasteiger partial charge in [-0.1, -0.05) is 0 Å². The largest absolute Gasteiger partial charge is 0.378 e. The molecule has 22 heavy (non-hydrogen) atoms. The number of morpholine rings is 1. The lowest BCUT2D eigenvalue weighted by Crippen LogP contribution is -2.43. The van der Waals surface area contributed by atoms with Crippen LogP contribution in [0.15, 0.2) is 12.4 Å². The highest BCUT2D eigenvalue weighted by molar-refractivity contribution is 5.90. The van der Waals surface area contributed by atoms with E-state index in [1.807, 2.05) is 0 Å². The van der Waals surface area contributed by atoms with Crippen LogP contribution in [0.5, 0.6) is 0 Å². The predicted octanol–water partition coefficient (Wildman–Crippen LogP) is -0.521. The molecule has 1 aromatic heterocycles. The molecule has 120 valence electrons. The number of hydrogen-bond acceptors (Lipinski definition) is 5. The Morgan fingerprint density at radius 2 is 2.27 bits per heavy atom. The van der Waals surface area contributed by atoms with Gasteiger partial charge < -0.3 is 20.7 Å². The molecule has 1 saturated carbocycles. The number of rotatable bonds is 6. The van der Waals surface area contributed by atoms with Crippen LogP contribution >= 0.6 is 0 Å². The average Bonchev–Trinajstić information content (AvgIpc) is 3.19. The molecule has 2 heterocycles. The molecule has 8 nitrogen and oxygen atoms in total. The summed E-state index contributed by atoms with van der Waals surface area (Å²) in [6, 6.07) is 0.389. The third-order valence-corrected chi connectivity index (χ3v) is 3.60. The fourth-order valence-corrected chi connectivity index (χ4v) is 2.35. The fourth-order valence-electron chi connectivity index (χ4n) is 2.35. The minimum atomic E-state index is -0.0926. The topological polar surface area (TPSA) is 97.3 Å². The van der Waals surface area contributed by atoms with Crippen molar-refractivity contribution in [1.82, 2.24) is 20.4 Å². The van der Waals surface area contributed by atoms with Crippen LogP contribution in [-0.2, 0) is 20.9 Å². The number of ether oxygens (including phenoxy) is 1. The minimum absolute atomic E-state index is 0.0490. The second-order valence-corrected chi connectivity index (χ2v) is 5.75. The highest BCUT2D eigenvalue weighted by Gasteiger charge is 2.23. The first-order chi connectivity index (χ1) is 10.7. The Kier molecular flexibility index (Phi) is 4.69. The van der Waals surface area contributed by atoms with Gasteiger partial charge in [-0.2, -0.15) is 5.10 Å². The smallest absolute Gasteiger partial charge is 0.241 e. The van der Waals surface area contributed by atoms with Crippen LogP contribution in [0.25, 0.3) is 0 Å². The summed E-state index contributed by atoms with van der Waals surface area (Å²) in [6.45, 7) is 2.18. The molecule has 3 rings (SSSR count). The molecule has 2 aliphatic rings. The molecular weight excluding hydrogens is 286 g/mol. The molecule has 1 aromatic rings. The Labute approximate surface area is 128 Å². The second-order valence-electron chi connectivity index (χ2n) is 5.75. The fraction of sp³-hybridized carbons (Fsp3) is 0.643. The van der Waals surface area contributed by atoms with Crippen LogP contribution in [0.1, 0.15) is 19.3 Å². The summed E-state index contributed by atoms with van der Waals surface area (Å²) in [5, 5.41) is 13.0. The lowest BCUT2D eigenvalue weighted by Gasteiger charge is -2.23. The van der Waals surface area contributed by atoms with Crippen LogP contribution in [0.2, 0.25) is 0 Å². The highest BCUT2D eigenvalue weighted by atomic mass is 16.5. The Morgan fingerprint density at radius 3 is 3.00 bits per heavy atom. The lowest BCUT2D eigenvalue weighted by atomic mass is 10.2. The van der Waals surface area contributed by atoms with E-state index in [9.17, 15) is 9.59 Å². The monoisotopic (exact) mass is 307 g/mol. The number of amides is 2. The minimum Gasteiger partial charge on any atom is -0.378 e. The highest BCUT2D eigenvalue weighted by Crippen LogP contribution is 2.18. The Hall–Kier alpha value is -1.93. The van der Waals surface area contributed by atoms with E-state index >= 15 is 0 Å². The zero-order valence-corrected chi connectivity index (χ0v) is 12.4. The molecule has 8 heteroatoms. The van der Waals surface area contributed by atoms with E-state index in [2.05, 4.69) is 21.0 Å². The number of hydrogen-bond donors (Lipinski definition) is 3. The van der Waals surface area contributed by atoms with Crippen molar-refractivity contribution in [3.05, 3.63) is 12.4 Å². The average molecular weight is 307 g/mol. The molecule has 1 saturated heterocycles. The van der Waals surface area contributed by atoms with Gasteiger partial charge in [-0.05, 0) is 12.8 Å². The van der Waals surface area contributed by atoms with Gasteiger partial charge in [0.25, 0.3) is 0 Å². The maximum atomic E-state index is 11.9. The van der Waals surface area contributed by atoms with Gasteiger partial charge in [-0.25, -0.2) is 0 Å². The zero-order valence-electron chi connectivity index (χ0n) is 12.4. The number of carbonyl (C=O) groups is 2. The first-order valence-electron chi connectivity index (χ1n) is 7.62. The van der Waals surface area contributed by atoms with Gasteiger partial charge in [-0.3, -0.25) is 14.3 Å². The van der Waals surface area contributed by atoms with Crippen molar-refractivity contribution in [3.63, 3.8) is 0 Å². The number of carbonyl (C=O) groups excluding carboxylic acids is 2. The van der Waals surface area contributed by atoms with Gasteiger partial charge in [0.15, 0.2) is 0 Å². The van der Waals surface area contributed by atoms with E-state index in [4.69, 9.17) is 4.74 Å². The molecule has 0 radical (unpaired) electrons. The van der Waals surface area contributed by atoms with Crippen molar-refractivity contribution >= 4 is 17.5 Å². The van der Waals surface area contributed by atoms with Crippen molar-refractivity contribution in [2.75, 3.05) is 25.1 Å². The Bertz CT molecular complexity index is 534. The summed E-state index contributed by atoms with van der Waals surface area (Å²) in [4.78, 5) is 23.6. The van der Waals surface area contributed by atoms with Gasteiger partial charge in [-0.15, -0.1) is 0 Å². The van der Waals surface area contributed by atoms with Gasteiger partial charge in [0.05, 0.1) is 25.1 Å². The Balaban J connectivity index is 1.43. The predicted molar refractivity (Wildman–Crippen MR) is 79.2 cm³/mol. The van der Waals surface area contributed by atoms with Crippen molar-refractivity contribution in [3.8, 4) is 0 Å². The van der Waals surface area contributed by atoms with Crippen LogP contribution in [0, 0.1) is 0 Å². The van der Waals surface area contributed by atoms with Crippen molar-refractivity contribution in [2.24, 2.45) is 0 Å². The zero-order chi connectivity index (χ0) is 15.4. The van der Waals surface area contributed by atoms with Crippen LogP contribution in [0.4, 0.5) is 5.69 Å². The summed E-state index contributed by atoms with van der Waals surface area (Å²) in [5.41, 5.74) is 0.598. The summed E-state index contributed by atoms with van der Waals surface area (Å²) in [6.07, 6.45) is 5.69. The molecule has 2 amide bonds. The maximum Gasteiger partial charge on any atom is 0.241 e. The molecule has 3 N–H and O–H groups in total. The molecule has 0 spiro atoms. The Morgan fingerprint density at radius 1 is 1.41 bits per heavy atom. The number of nitrogens with zero attached hydrogens (tertiary/aromatic N) is 2. The van der Waals surface area contributed by atoms with E-state index in [0.717, 1.165) is 19.4 Å². The van der Waals surface area contributed by atoms with Crippen LogP contribution < -0.4 is 16.0 Å². The SMILES string of the molecule is O=C(CC1COCCN1)Nc1cnn(CC(=O)NC2CC2)c1. The first kappa shape index (κ1) is 15.0. The van der Waals surface area contributed by atoms with Gasteiger partial charge in [0.1, 0.15) is 6.54 Å². The van der Waals surface area contributed by atoms with Crippen molar-refractivity contribution < 1.29 is 14.3 Å². The molecule has 2 fully saturated rings. The first-order valence-corrected chi connectivity index (χ1v) is 7.62. The second kappa shape index (κ2) is 6.89. The quantitative estimate of drug-likeness (QED) is 0.657. The van der Waals surface area contributed by atoms with Gasteiger partial charge >= 0.3 is 0 Å². The van der Waals surface area contributed by atoms with Gasteiger partial charge in [0, 0.05) is 31.2 Å². The molecular formula is C14H21N5O3. The molecule has 0 bridgehead atoms. The summed E-state index contributed by atoms with van der Waals surface area (Å²) in [7, 11) is 0. The molecule has 1 aliphatic heterocycles. The number of nitrogens with one attached hydrogen (secondary N) is 3. The third-order valence-electron chi connectivity index (χ3n) is 3.60. The molecule has 1 aliphatic carbocycles. The van der Waals surface area contributed by atoms with E-state index in [-0.39, 0.29) is 24.4 Å². The van der Waals surface area contributed by atoms with E-state index < -0.39 is 0 Å². The normalized spacial score (nSPS) is 21.4. The van der Waals surface area contributed by atoms with Gasteiger partial charge in [0.2, 0.25) is 11.8 Å². The summed E-state index contributed by atoms with van der Waals surface area (Å²) >= 11 is 0. The van der Waals surface area contributed by atoms with Crippen LogP contribution in [-0.4, -0.2) is 53.4 Å². The summed E-state index contributed by atoms with van der Waals surface area (Å²) in [5.74, 6) is -0.142. The molecule has 1 unspecified atom stereocenters. The van der Waals surface area contributed by atoms with E-state index in [1.165, 1.54) is 4.68 Å². The molecule has 0 aromatic carbocycles. The third kappa shape index (κ3) is 4.54. The lowest BCUT2D eigenvalue weighted by molar-refractivity contribution is -0.122. The van der Waals surface area contributed by atoms with E-state index in [0.29, 0.717) is 31.4 Å². The number of anilines is 1. The van der Waals surface area contributed by atoms with Crippen LogP contribution in [0.3, 0.4) is 0 Å². The maximum absolute atomic E-state index is 11.9. The van der Waals surface area contributed by atoms with Crippen molar-refractivity contribution in [2.45, 2.75) is 37.9 Å². The number of aromatic nitrogens is 2. The van der Waals surface area contributed by atoms with Crippen molar-refractivity contribution in [1.29, 1.82) is 0 Å². The standard InChI is InChI=1S/C14H21N5O3/c20-13(5-11-9-22-4-3-15-11)18-12-6-16-19(7-12)8-14(21)17-10-1-2-10/h6-7,10-11,15H,1-5,8-9H2,(H,17,21)(H,18,20). The molecule has 1 atom stereocenters.